The highest BCUT2D eigenvalue weighted by atomic mass is 35.5. The van der Waals surface area contributed by atoms with Gasteiger partial charge in [0.15, 0.2) is 10.9 Å². The normalized spacial score (nSPS) is 11.2. The molecule has 0 saturated carbocycles. The summed E-state index contributed by atoms with van der Waals surface area (Å²) in [6.07, 6.45) is 2.16. The van der Waals surface area contributed by atoms with E-state index >= 15 is 0 Å². The van der Waals surface area contributed by atoms with Crippen molar-refractivity contribution < 1.29 is 9.53 Å². The lowest BCUT2D eigenvalue weighted by molar-refractivity contribution is 0.102. The van der Waals surface area contributed by atoms with Crippen LogP contribution >= 0.6 is 23.4 Å². The predicted octanol–water partition coefficient (Wildman–Crippen LogP) is 4.54. The minimum absolute atomic E-state index is 0.0781. The molecule has 2 heterocycles. The second-order valence-corrected chi connectivity index (χ2v) is 8.76. The number of aromatic nitrogens is 3. The SMILES string of the molecule is COCCn1c(SCC(=O)c2cn(CCC#N)c3ccccc23)nc2cc(Cl)ccc2c1=O. The third-order valence-corrected chi connectivity index (χ3v) is 6.50. The summed E-state index contributed by atoms with van der Waals surface area (Å²) in [5, 5.41) is 11.2. The average molecular weight is 481 g/mol. The standard InChI is InChI=1S/C24H21ClN4O3S/c1-32-12-11-29-23(31)18-8-7-16(25)13-20(18)27-24(29)33-15-22(30)19-14-28(10-4-9-26)21-6-3-2-5-17(19)21/h2-3,5-8,13-14H,4,10-12,15H2,1H3. The van der Waals surface area contributed by atoms with Gasteiger partial charge in [0.1, 0.15) is 0 Å². The molecule has 4 aromatic rings. The van der Waals surface area contributed by atoms with Crippen LogP contribution in [0, 0.1) is 11.3 Å². The Labute approximate surface area is 199 Å². The fourth-order valence-corrected chi connectivity index (χ4v) is 4.77. The molecule has 0 amide bonds. The molecular formula is C24H21ClN4O3S. The number of hydrogen-bond acceptors (Lipinski definition) is 6. The number of benzene rings is 2. The van der Waals surface area contributed by atoms with E-state index < -0.39 is 0 Å². The third-order valence-electron chi connectivity index (χ3n) is 5.29. The highest BCUT2D eigenvalue weighted by Gasteiger charge is 2.18. The molecule has 0 spiro atoms. The van der Waals surface area contributed by atoms with Gasteiger partial charge < -0.3 is 9.30 Å². The molecule has 0 N–H and O–H groups in total. The maximum atomic E-state index is 13.2. The Bertz CT molecular complexity index is 1440. The lowest BCUT2D eigenvalue weighted by Gasteiger charge is -2.12. The molecule has 0 unspecified atom stereocenters. The van der Waals surface area contributed by atoms with Crippen LogP contribution in [0.15, 0.2) is 58.6 Å². The number of methoxy groups -OCH3 is 1. The van der Waals surface area contributed by atoms with E-state index in [0.29, 0.717) is 52.8 Å². The third kappa shape index (κ3) is 4.81. The van der Waals surface area contributed by atoms with Gasteiger partial charge in [-0.2, -0.15) is 5.26 Å². The summed E-state index contributed by atoms with van der Waals surface area (Å²) in [6, 6.07) is 14.7. The molecule has 0 radical (unpaired) electrons. The van der Waals surface area contributed by atoms with Gasteiger partial charge in [-0.05, 0) is 24.3 Å². The zero-order valence-corrected chi connectivity index (χ0v) is 19.5. The first-order valence-electron chi connectivity index (χ1n) is 10.3. The van der Waals surface area contributed by atoms with Crippen LogP contribution < -0.4 is 5.56 Å². The van der Waals surface area contributed by atoms with Gasteiger partial charge in [-0.3, -0.25) is 14.2 Å². The maximum absolute atomic E-state index is 13.2. The topological polar surface area (TPSA) is 89.9 Å². The van der Waals surface area contributed by atoms with Gasteiger partial charge >= 0.3 is 0 Å². The Kier molecular flexibility index (Phi) is 7.14. The summed E-state index contributed by atoms with van der Waals surface area (Å²) in [4.78, 5) is 30.9. The molecule has 0 bridgehead atoms. The zero-order chi connectivity index (χ0) is 23.4. The van der Waals surface area contributed by atoms with Gasteiger partial charge in [-0.25, -0.2) is 4.98 Å². The Morgan fingerprint density at radius 3 is 2.82 bits per heavy atom. The van der Waals surface area contributed by atoms with Gasteiger partial charge in [0.05, 0.1) is 42.3 Å². The molecule has 2 aromatic carbocycles. The summed E-state index contributed by atoms with van der Waals surface area (Å²) in [5.41, 5.74) is 1.79. The number of hydrogen-bond donors (Lipinski definition) is 0. The molecule has 0 fully saturated rings. The van der Waals surface area contributed by atoms with E-state index in [1.807, 2.05) is 28.8 Å². The molecule has 4 rings (SSSR count). The number of nitrogens with zero attached hydrogens (tertiary/aromatic N) is 4. The molecule has 0 aliphatic heterocycles. The number of ketones is 1. The van der Waals surface area contributed by atoms with Crippen molar-refractivity contribution >= 4 is 51.0 Å². The summed E-state index contributed by atoms with van der Waals surface area (Å²) >= 11 is 7.31. The number of carbonyl (C=O) groups is 1. The summed E-state index contributed by atoms with van der Waals surface area (Å²) in [5.74, 6) is 0.0308. The van der Waals surface area contributed by atoms with Crippen molar-refractivity contribution in [1.29, 1.82) is 5.26 Å². The van der Waals surface area contributed by atoms with E-state index in [0.717, 1.165) is 10.9 Å². The second kappa shape index (κ2) is 10.2. The minimum Gasteiger partial charge on any atom is -0.383 e. The monoisotopic (exact) mass is 480 g/mol. The van der Waals surface area contributed by atoms with Crippen LogP contribution in [0.4, 0.5) is 0 Å². The molecule has 0 atom stereocenters. The van der Waals surface area contributed by atoms with Crippen molar-refractivity contribution in [3.05, 3.63) is 69.6 Å². The lowest BCUT2D eigenvalue weighted by Crippen LogP contribution is -2.25. The fraction of sp³-hybridized carbons (Fsp3) is 0.250. The van der Waals surface area contributed by atoms with Crippen molar-refractivity contribution in [2.75, 3.05) is 19.5 Å². The smallest absolute Gasteiger partial charge is 0.262 e. The van der Waals surface area contributed by atoms with Gasteiger partial charge in [-0.15, -0.1) is 0 Å². The van der Waals surface area contributed by atoms with Crippen LogP contribution in [-0.4, -0.2) is 39.4 Å². The number of fused-ring (bicyclic) bond motifs is 2. The first kappa shape index (κ1) is 23.1. The van der Waals surface area contributed by atoms with Crippen LogP contribution in [0.2, 0.25) is 5.02 Å². The molecule has 168 valence electrons. The number of aryl methyl sites for hydroxylation is 1. The quantitative estimate of drug-likeness (QED) is 0.198. The van der Waals surface area contributed by atoms with E-state index in [1.165, 1.54) is 16.3 Å². The van der Waals surface area contributed by atoms with E-state index in [-0.39, 0.29) is 17.1 Å². The number of carbonyl (C=O) groups excluding carboxylic acids is 1. The number of rotatable bonds is 9. The average Bonchev–Trinajstić information content (AvgIpc) is 3.19. The van der Waals surface area contributed by atoms with Gasteiger partial charge in [0.2, 0.25) is 0 Å². The molecule has 0 aliphatic carbocycles. The van der Waals surface area contributed by atoms with Crippen LogP contribution in [0.25, 0.3) is 21.8 Å². The molecule has 0 saturated heterocycles. The van der Waals surface area contributed by atoms with Crippen LogP contribution in [0.1, 0.15) is 16.8 Å². The molecular weight excluding hydrogens is 460 g/mol. The predicted molar refractivity (Wildman–Crippen MR) is 130 cm³/mol. The Morgan fingerprint density at radius 2 is 2.03 bits per heavy atom. The first-order chi connectivity index (χ1) is 16.0. The highest BCUT2D eigenvalue weighted by molar-refractivity contribution is 7.99. The number of Topliss-reactive ketones (excluding diaryl/α,β-unsaturated/α-hetero) is 1. The van der Waals surface area contributed by atoms with Gasteiger partial charge in [0, 0.05) is 41.3 Å². The number of halogens is 1. The van der Waals surface area contributed by atoms with Gasteiger partial charge in [-0.1, -0.05) is 41.6 Å². The summed E-state index contributed by atoms with van der Waals surface area (Å²) in [7, 11) is 1.57. The van der Waals surface area contributed by atoms with Crippen molar-refractivity contribution in [1.82, 2.24) is 14.1 Å². The first-order valence-corrected chi connectivity index (χ1v) is 11.7. The van der Waals surface area contributed by atoms with E-state index in [4.69, 9.17) is 21.6 Å². The van der Waals surface area contributed by atoms with Crippen LogP contribution in [0.5, 0.6) is 0 Å². The van der Waals surface area contributed by atoms with Crippen LogP contribution in [0.3, 0.4) is 0 Å². The number of ether oxygens (including phenoxy) is 1. The molecule has 2 aromatic heterocycles. The van der Waals surface area contributed by atoms with Gasteiger partial charge in [0.25, 0.3) is 5.56 Å². The highest BCUT2D eigenvalue weighted by Crippen LogP contribution is 2.26. The summed E-state index contributed by atoms with van der Waals surface area (Å²) in [6.45, 7) is 1.18. The maximum Gasteiger partial charge on any atom is 0.262 e. The summed E-state index contributed by atoms with van der Waals surface area (Å²) < 4.78 is 8.62. The number of thioether (sulfide) groups is 1. The molecule has 33 heavy (non-hydrogen) atoms. The van der Waals surface area contributed by atoms with E-state index in [2.05, 4.69) is 11.1 Å². The van der Waals surface area contributed by atoms with E-state index in [1.54, 1.807) is 31.5 Å². The number of nitriles is 1. The molecule has 9 heteroatoms. The Hall–Kier alpha value is -3.12. The Morgan fingerprint density at radius 1 is 1.21 bits per heavy atom. The Balaban J connectivity index is 1.66. The van der Waals surface area contributed by atoms with Crippen molar-refractivity contribution in [2.45, 2.75) is 24.7 Å². The largest absolute Gasteiger partial charge is 0.383 e. The van der Waals surface area contributed by atoms with Crippen molar-refractivity contribution in [3.63, 3.8) is 0 Å². The second-order valence-electron chi connectivity index (χ2n) is 7.38. The zero-order valence-electron chi connectivity index (χ0n) is 18.0. The lowest BCUT2D eigenvalue weighted by atomic mass is 10.1. The van der Waals surface area contributed by atoms with E-state index in [9.17, 15) is 9.59 Å². The molecule has 7 nitrogen and oxygen atoms in total. The molecule has 0 aliphatic rings. The van der Waals surface area contributed by atoms with Crippen molar-refractivity contribution in [2.24, 2.45) is 0 Å². The van der Waals surface area contributed by atoms with Crippen LogP contribution in [-0.2, 0) is 17.8 Å². The van der Waals surface area contributed by atoms with Crippen molar-refractivity contribution in [3.8, 4) is 6.07 Å². The number of para-hydroxylation sites is 1. The minimum atomic E-state index is -0.197. The fourth-order valence-electron chi connectivity index (χ4n) is 3.70.